The zero-order valence-electron chi connectivity index (χ0n) is 15.4. The molecule has 2 aromatic carbocycles. The Hall–Kier alpha value is -3.54. The molecular formula is C21H21NO5. The molecule has 1 amide bonds. The van der Waals surface area contributed by atoms with Crippen LogP contribution in [0.4, 0.5) is 5.69 Å². The van der Waals surface area contributed by atoms with Gasteiger partial charge in [0.25, 0.3) is 0 Å². The highest BCUT2D eigenvalue weighted by atomic mass is 16.5. The van der Waals surface area contributed by atoms with E-state index in [9.17, 15) is 9.59 Å². The summed E-state index contributed by atoms with van der Waals surface area (Å²) >= 11 is 0. The number of methoxy groups -OCH3 is 3. The van der Waals surface area contributed by atoms with Crippen molar-refractivity contribution in [3.05, 3.63) is 66.3 Å². The number of anilines is 1. The first-order chi connectivity index (χ1) is 13.0. The van der Waals surface area contributed by atoms with Crippen molar-refractivity contribution in [3.8, 4) is 17.2 Å². The lowest BCUT2D eigenvalue weighted by Crippen LogP contribution is -2.07. The Balaban J connectivity index is 2.18. The van der Waals surface area contributed by atoms with E-state index in [0.29, 0.717) is 28.5 Å². The molecule has 0 aromatic heterocycles. The van der Waals surface area contributed by atoms with Crippen LogP contribution in [-0.2, 0) is 4.79 Å². The van der Waals surface area contributed by atoms with E-state index in [-0.39, 0.29) is 11.7 Å². The average Bonchev–Trinajstić information content (AvgIpc) is 2.71. The minimum atomic E-state index is -0.309. The van der Waals surface area contributed by atoms with Crippen molar-refractivity contribution in [3.63, 3.8) is 0 Å². The van der Waals surface area contributed by atoms with Gasteiger partial charge in [0, 0.05) is 11.3 Å². The molecule has 0 radical (unpaired) electrons. The van der Waals surface area contributed by atoms with Crippen LogP contribution in [-0.4, -0.2) is 33.0 Å². The summed E-state index contributed by atoms with van der Waals surface area (Å²) in [6, 6.07) is 10.1. The number of hydrogen-bond donors (Lipinski definition) is 1. The van der Waals surface area contributed by atoms with Crippen LogP contribution in [0.25, 0.3) is 6.08 Å². The largest absolute Gasteiger partial charge is 0.493 e. The van der Waals surface area contributed by atoms with Gasteiger partial charge in [-0.1, -0.05) is 12.7 Å². The van der Waals surface area contributed by atoms with Crippen LogP contribution < -0.4 is 19.5 Å². The number of benzene rings is 2. The number of hydrogen-bond acceptors (Lipinski definition) is 5. The Bertz CT molecular complexity index is 844. The molecule has 1 N–H and O–H groups in total. The molecule has 2 aromatic rings. The van der Waals surface area contributed by atoms with Gasteiger partial charge in [-0.2, -0.15) is 0 Å². The third kappa shape index (κ3) is 4.98. The third-order valence-corrected chi connectivity index (χ3v) is 3.74. The molecule has 2 rings (SSSR count). The first-order valence-corrected chi connectivity index (χ1v) is 8.08. The van der Waals surface area contributed by atoms with E-state index in [1.165, 1.54) is 33.5 Å². The first-order valence-electron chi connectivity index (χ1n) is 8.08. The Kier molecular flexibility index (Phi) is 6.77. The van der Waals surface area contributed by atoms with Gasteiger partial charge in [0.05, 0.1) is 21.3 Å². The molecule has 6 nitrogen and oxygen atoms in total. The van der Waals surface area contributed by atoms with Crippen molar-refractivity contribution in [1.29, 1.82) is 0 Å². The average molecular weight is 367 g/mol. The van der Waals surface area contributed by atoms with E-state index in [4.69, 9.17) is 14.2 Å². The molecule has 0 aliphatic rings. The van der Waals surface area contributed by atoms with E-state index in [0.717, 1.165) is 5.56 Å². The summed E-state index contributed by atoms with van der Waals surface area (Å²) in [4.78, 5) is 23.6. The van der Waals surface area contributed by atoms with Gasteiger partial charge in [0.1, 0.15) is 0 Å². The standard InChI is InChI=1S/C21H21NO5/c1-5-20(24)22-16-9-7-15(8-10-16)17(23)11-6-14-12-18(25-2)21(27-4)19(13-14)26-3/h5-13H,1H2,2-4H3,(H,22,24)/b11-6+. The summed E-state index contributed by atoms with van der Waals surface area (Å²) in [7, 11) is 4.59. The van der Waals surface area contributed by atoms with Crippen molar-refractivity contribution in [1.82, 2.24) is 0 Å². The molecule has 0 unspecified atom stereocenters. The minimum Gasteiger partial charge on any atom is -0.493 e. The lowest BCUT2D eigenvalue weighted by atomic mass is 10.1. The highest BCUT2D eigenvalue weighted by Crippen LogP contribution is 2.38. The maximum Gasteiger partial charge on any atom is 0.247 e. The monoisotopic (exact) mass is 367 g/mol. The molecule has 6 heteroatoms. The quantitative estimate of drug-likeness (QED) is 0.568. The molecule has 0 spiro atoms. The van der Waals surface area contributed by atoms with E-state index < -0.39 is 0 Å². The van der Waals surface area contributed by atoms with Gasteiger partial charge in [-0.25, -0.2) is 0 Å². The fourth-order valence-electron chi connectivity index (χ4n) is 2.38. The molecule has 0 saturated carbocycles. The van der Waals surface area contributed by atoms with Gasteiger partial charge >= 0.3 is 0 Å². The maximum absolute atomic E-state index is 12.4. The maximum atomic E-state index is 12.4. The Labute approximate surface area is 158 Å². The summed E-state index contributed by atoms with van der Waals surface area (Å²) in [5.41, 5.74) is 1.81. The Morgan fingerprint density at radius 3 is 2.04 bits per heavy atom. The predicted molar refractivity (Wildman–Crippen MR) is 105 cm³/mol. The lowest BCUT2D eigenvalue weighted by Gasteiger charge is -2.12. The van der Waals surface area contributed by atoms with E-state index in [2.05, 4.69) is 11.9 Å². The summed E-state index contributed by atoms with van der Waals surface area (Å²) < 4.78 is 15.9. The molecule has 0 saturated heterocycles. The topological polar surface area (TPSA) is 73.9 Å². The first kappa shape index (κ1) is 19.8. The van der Waals surface area contributed by atoms with Crippen molar-refractivity contribution in [2.75, 3.05) is 26.6 Å². The molecule has 0 aliphatic heterocycles. The normalized spacial score (nSPS) is 10.3. The zero-order valence-corrected chi connectivity index (χ0v) is 15.4. The van der Waals surface area contributed by atoms with E-state index in [1.807, 2.05) is 0 Å². The highest BCUT2D eigenvalue weighted by Gasteiger charge is 2.12. The molecular weight excluding hydrogens is 346 g/mol. The van der Waals surface area contributed by atoms with Crippen LogP contribution in [0.2, 0.25) is 0 Å². The van der Waals surface area contributed by atoms with Gasteiger partial charge in [-0.05, 0) is 54.1 Å². The Morgan fingerprint density at radius 1 is 0.963 bits per heavy atom. The number of carbonyl (C=O) groups is 2. The molecule has 0 atom stereocenters. The number of amides is 1. The van der Waals surface area contributed by atoms with Gasteiger partial charge in [0.15, 0.2) is 17.3 Å². The van der Waals surface area contributed by atoms with Crippen molar-refractivity contribution in [2.45, 2.75) is 0 Å². The van der Waals surface area contributed by atoms with Gasteiger partial charge in [0.2, 0.25) is 11.7 Å². The number of carbonyl (C=O) groups excluding carboxylic acids is 2. The number of nitrogens with one attached hydrogen (secondary N) is 1. The molecule has 0 fully saturated rings. The number of ketones is 1. The predicted octanol–water partition coefficient (Wildman–Crippen LogP) is 3.73. The number of ether oxygens (including phenoxy) is 3. The highest BCUT2D eigenvalue weighted by molar-refractivity contribution is 6.07. The van der Waals surface area contributed by atoms with Crippen LogP contribution in [0.1, 0.15) is 15.9 Å². The summed E-state index contributed by atoms with van der Waals surface area (Å²) in [6.45, 7) is 3.39. The van der Waals surface area contributed by atoms with Gasteiger partial charge < -0.3 is 19.5 Å². The smallest absolute Gasteiger partial charge is 0.247 e. The number of allylic oxidation sites excluding steroid dienone is 1. The second kappa shape index (κ2) is 9.24. The second-order valence-corrected chi connectivity index (χ2v) is 5.43. The van der Waals surface area contributed by atoms with Crippen LogP contribution in [0.15, 0.2) is 55.1 Å². The Morgan fingerprint density at radius 2 is 1.56 bits per heavy atom. The van der Waals surface area contributed by atoms with Crippen molar-refractivity contribution in [2.24, 2.45) is 0 Å². The molecule has 0 bridgehead atoms. The van der Waals surface area contributed by atoms with Crippen LogP contribution in [0.5, 0.6) is 17.2 Å². The lowest BCUT2D eigenvalue weighted by molar-refractivity contribution is -0.111. The molecule has 0 heterocycles. The number of rotatable bonds is 8. The van der Waals surface area contributed by atoms with Gasteiger partial charge in [-0.15, -0.1) is 0 Å². The summed E-state index contributed by atoms with van der Waals surface area (Å²) in [6.07, 6.45) is 4.30. The third-order valence-electron chi connectivity index (χ3n) is 3.74. The van der Waals surface area contributed by atoms with Crippen molar-refractivity contribution < 1.29 is 23.8 Å². The van der Waals surface area contributed by atoms with Gasteiger partial charge in [-0.3, -0.25) is 9.59 Å². The van der Waals surface area contributed by atoms with Crippen LogP contribution >= 0.6 is 0 Å². The minimum absolute atomic E-state index is 0.176. The zero-order chi connectivity index (χ0) is 19.8. The second-order valence-electron chi connectivity index (χ2n) is 5.43. The van der Waals surface area contributed by atoms with E-state index >= 15 is 0 Å². The van der Waals surface area contributed by atoms with E-state index in [1.54, 1.807) is 42.5 Å². The summed E-state index contributed by atoms with van der Waals surface area (Å²) in [5.74, 6) is 1.01. The van der Waals surface area contributed by atoms with Crippen LogP contribution in [0.3, 0.4) is 0 Å². The molecule has 140 valence electrons. The fraction of sp³-hybridized carbons (Fsp3) is 0.143. The summed E-state index contributed by atoms with van der Waals surface area (Å²) in [5, 5.41) is 2.63. The fourth-order valence-corrected chi connectivity index (χ4v) is 2.38. The van der Waals surface area contributed by atoms with Crippen molar-refractivity contribution >= 4 is 23.5 Å². The molecule has 0 aliphatic carbocycles. The SMILES string of the molecule is C=CC(=O)Nc1ccc(C(=O)/C=C/c2cc(OC)c(OC)c(OC)c2)cc1. The molecule has 27 heavy (non-hydrogen) atoms. The van der Waals surface area contributed by atoms with Crippen LogP contribution in [0, 0.1) is 0 Å².